The SMILES string of the molecule is Cc1cccn2c(CCO)nc(C(=O)O)c12. The molecule has 0 saturated heterocycles. The average Bonchev–Trinajstić information content (AvgIpc) is 2.60. The van der Waals surface area contributed by atoms with Crippen LogP contribution in [0.2, 0.25) is 0 Å². The number of aliphatic hydroxyl groups excluding tert-OH is 1. The van der Waals surface area contributed by atoms with Gasteiger partial charge in [0.05, 0.1) is 12.1 Å². The fraction of sp³-hybridized carbons (Fsp3) is 0.273. The second kappa shape index (κ2) is 3.94. The summed E-state index contributed by atoms with van der Waals surface area (Å²) in [6.45, 7) is 1.79. The van der Waals surface area contributed by atoms with Gasteiger partial charge in [0.2, 0.25) is 0 Å². The van der Waals surface area contributed by atoms with Gasteiger partial charge in [0, 0.05) is 12.6 Å². The van der Waals surface area contributed by atoms with Crippen molar-refractivity contribution >= 4 is 11.5 Å². The van der Waals surface area contributed by atoms with Crippen LogP contribution in [0.15, 0.2) is 18.3 Å². The molecule has 0 bridgehead atoms. The number of hydrogen-bond donors (Lipinski definition) is 2. The summed E-state index contributed by atoms with van der Waals surface area (Å²) in [4.78, 5) is 15.1. The molecule has 0 aliphatic carbocycles. The Bertz CT molecular complexity index is 545. The molecule has 0 radical (unpaired) electrons. The van der Waals surface area contributed by atoms with Crippen LogP contribution in [0.3, 0.4) is 0 Å². The van der Waals surface area contributed by atoms with E-state index in [1.165, 1.54) is 0 Å². The van der Waals surface area contributed by atoms with Gasteiger partial charge in [-0.1, -0.05) is 6.07 Å². The van der Waals surface area contributed by atoms with E-state index in [4.69, 9.17) is 10.2 Å². The number of carboxylic acid groups (broad SMARTS) is 1. The fourth-order valence-corrected chi connectivity index (χ4v) is 1.79. The summed E-state index contributed by atoms with van der Waals surface area (Å²) in [5, 5.41) is 17.9. The first-order valence-electron chi connectivity index (χ1n) is 4.96. The molecule has 0 amide bonds. The largest absolute Gasteiger partial charge is 0.476 e. The molecule has 0 spiro atoms. The van der Waals surface area contributed by atoms with Crippen LogP contribution in [0.5, 0.6) is 0 Å². The molecule has 2 heterocycles. The van der Waals surface area contributed by atoms with E-state index in [9.17, 15) is 4.79 Å². The Morgan fingerprint density at radius 2 is 2.31 bits per heavy atom. The van der Waals surface area contributed by atoms with Gasteiger partial charge >= 0.3 is 5.97 Å². The molecule has 0 saturated carbocycles. The average molecular weight is 220 g/mol. The molecule has 0 unspecified atom stereocenters. The number of carbonyl (C=O) groups is 1. The lowest BCUT2D eigenvalue weighted by Crippen LogP contribution is -1.98. The minimum atomic E-state index is -1.05. The van der Waals surface area contributed by atoms with Crippen molar-refractivity contribution in [1.82, 2.24) is 9.38 Å². The molecule has 5 nitrogen and oxygen atoms in total. The molecule has 0 fully saturated rings. The van der Waals surface area contributed by atoms with E-state index >= 15 is 0 Å². The number of rotatable bonds is 3. The number of hydrogen-bond acceptors (Lipinski definition) is 3. The van der Waals surface area contributed by atoms with Crippen molar-refractivity contribution in [3.63, 3.8) is 0 Å². The van der Waals surface area contributed by atoms with Crippen LogP contribution in [-0.2, 0) is 6.42 Å². The highest BCUT2D eigenvalue weighted by Gasteiger charge is 2.17. The molecule has 5 heteroatoms. The molecule has 2 rings (SSSR count). The first-order chi connectivity index (χ1) is 7.65. The number of imidazole rings is 1. The summed E-state index contributed by atoms with van der Waals surface area (Å²) in [6, 6.07) is 3.67. The lowest BCUT2D eigenvalue weighted by molar-refractivity contribution is 0.0693. The Balaban J connectivity index is 2.76. The minimum Gasteiger partial charge on any atom is -0.476 e. The number of aliphatic hydroxyl groups is 1. The molecule has 2 aromatic rings. The molecular weight excluding hydrogens is 208 g/mol. The molecule has 0 aliphatic rings. The van der Waals surface area contributed by atoms with Gasteiger partial charge in [0.25, 0.3) is 0 Å². The summed E-state index contributed by atoms with van der Waals surface area (Å²) in [5.41, 5.74) is 1.50. The minimum absolute atomic E-state index is 0.0431. The van der Waals surface area contributed by atoms with Crippen molar-refractivity contribution in [3.05, 3.63) is 35.4 Å². The Morgan fingerprint density at radius 1 is 1.56 bits per heavy atom. The van der Waals surface area contributed by atoms with Crippen LogP contribution in [0, 0.1) is 6.92 Å². The zero-order valence-corrected chi connectivity index (χ0v) is 8.84. The van der Waals surface area contributed by atoms with Crippen LogP contribution in [0.4, 0.5) is 0 Å². The van der Waals surface area contributed by atoms with Crippen molar-refractivity contribution in [3.8, 4) is 0 Å². The second-order valence-electron chi connectivity index (χ2n) is 3.57. The van der Waals surface area contributed by atoms with Crippen molar-refractivity contribution in [2.75, 3.05) is 6.61 Å². The maximum atomic E-state index is 11.0. The van der Waals surface area contributed by atoms with E-state index in [-0.39, 0.29) is 12.3 Å². The van der Waals surface area contributed by atoms with E-state index in [2.05, 4.69) is 4.98 Å². The lowest BCUT2D eigenvalue weighted by atomic mass is 10.2. The Morgan fingerprint density at radius 3 is 2.94 bits per heavy atom. The summed E-state index contributed by atoms with van der Waals surface area (Å²) in [5.74, 6) is -0.477. The summed E-state index contributed by atoms with van der Waals surface area (Å²) >= 11 is 0. The molecule has 0 atom stereocenters. The van der Waals surface area contributed by atoms with Crippen LogP contribution in [0.25, 0.3) is 5.52 Å². The second-order valence-corrected chi connectivity index (χ2v) is 3.57. The quantitative estimate of drug-likeness (QED) is 0.805. The zero-order chi connectivity index (χ0) is 11.7. The first-order valence-corrected chi connectivity index (χ1v) is 4.96. The number of aromatic nitrogens is 2. The Labute approximate surface area is 92.0 Å². The van der Waals surface area contributed by atoms with Gasteiger partial charge < -0.3 is 14.6 Å². The standard InChI is InChI=1S/C11H12N2O3/c1-7-3-2-5-13-8(4-6-14)12-9(10(7)13)11(15)16/h2-3,5,14H,4,6H2,1H3,(H,15,16). The van der Waals surface area contributed by atoms with Gasteiger partial charge in [-0.15, -0.1) is 0 Å². The van der Waals surface area contributed by atoms with Crippen LogP contribution in [-0.4, -0.2) is 32.2 Å². The summed E-state index contributed by atoms with van der Waals surface area (Å²) in [6.07, 6.45) is 2.10. The highest BCUT2D eigenvalue weighted by molar-refractivity contribution is 5.94. The van der Waals surface area contributed by atoms with Crippen LogP contribution < -0.4 is 0 Å². The van der Waals surface area contributed by atoms with Crippen LogP contribution in [0.1, 0.15) is 21.9 Å². The van der Waals surface area contributed by atoms with Gasteiger partial charge in [0.15, 0.2) is 5.69 Å². The normalized spacial score (nSPS) is 10.9. The highest BCUT2D eigenvalue weighted by Crippen LogP contribution is 2.17. The summed E-state index contributed by atoms with van der Waals surface area (Å²) < 4.78 is 1.72. The number of nitrogens with zero attached hydrogens (tertiary/aromatic N) is 2. The molecule has 2 aromatic heterocycles. The van der Waals surface area contributed by atoms with Crippen LogP contribution >= 0.6 is 0 Å². The summed E-state index contributed by atoms with van der Waals surface area (Å²) in [7, 11) is 0. The topological polar surface area (TPSA) is 74.8 Å². The number of aryl methyl sites for hydroxylation is 1. The molecule has 2 N–H and O–H groups in total. The van der Waals surface area contributed by atoms with Crippen molar-refractivity contribution in [1.29, 1.82) is 0 Å². The van der Waals surface area contributed by atoms with Crippen molar-refractivity contribution in [2.24, 2.45) is 0 Å². The lowest BCUT2D eigenvalue weighted by Gasteiger charge is -2.00. The third kappa shape index (κ3) is 1.55. The zero-order valence-electron chi connectivity index (χ0n) is 8.84. The van der Waals surface area contributed by atoms with E-state index in [1.54, 1.807) is 10.6 Å². The highest BCUT2D eigenvalue weighted by atomic mass is 16.4. The smallest absolute Gasteiger partial charge is 0.356 e. The fourth-order valence-electron chi connectivity index (χ4n) is 1.79. The molecule has 0 aromatic carbocycles. The van der Waals surface area contributed by atoms with Gasteiger partial charge in [-0.2, -0.15) is 0 Å². The number of pyridine rings is 1. The van der Waals surface area contributed by atoms with Crippen molar-refractivity contribution < 1.29 is 15.0 Å². The van der Waals surface area contributed by atoms with Crippen molar-refractivity contribution in [2.45, 2.75) is 13.3 Å². The molecule has 16 heavy (non-hydrogen) atoms. The van der Waals surface area contributed by atoms with E-state index in [1.807, 2.05) is 19.1 Å². The predicted octanol–water partition coefficient (Wildman–Crippen LogP) is 0.876. The number of fused-ring (bicyclic) bond motifs is 1. The Hall–Kier alpha value is -1.88. The third-order valence-corrected chi connectivity index (χ3v) is 2.48. The van der Waals surface area contributed by atoms with Gasteiger partial charge in [0.1, 0.15) is 5.82 Å². The maximum absolute atomic E-state index is 11.0. The molecule has 84 valence electrons. The number of carboxylic acids is 1. The Kier molecular flexibility index (Phi) is 2.62. The van der Waals surface area contributed by atoms with Gasteiger partial charge in [-0.3, -0.25) is 0 Å². The van der Waals surface area contributed by atoms with Gasteiger partial charge in [-0.25, -0.2) is 9.78 Å². The van der Waals surface area contributed by atoms with E-state index < -0.39 is 5.97 Å². The monoisotopic (exact) mass is 220 g/mol. The maximum Gasteiger partial charge on any atom is 0.356 e. The van der Waals surface area contributed by atoms with E-state index in [0.717, 1.165) is 5.56 Å². The molecule has 0 aliphatic heterocycles. The molecular formula is C11H12N2O3. The van der Waals surface area contributed by atoms with Gasteiger partial charge in [-0.05, 0) is 18.6 Å². The van der Waals surface area contributed by atoms with E-state index in [0.29, 0.717) is 17.8 Å². The number of aromatic carboxylic acids is 1. The third-order valence-electron chi connectivity index (χ3n) is 2.48. The predicted molar refractivity (Wildman–Crippen MR) is 57.7 cm³/mol. The first kappa shape index (κ1) is 10.6.